The molecule has 0 amide bonds. The van der Waals surface area contributed by atoms with Crippen molar-refractivity contribution in [2.24, 2.45) is 5.41 Å². The van der Waals surface area contributed by atoms with Crippen LogP contribution in [0, 0.1) is 5.41 Å². The molecule has 1 N–H and O–H groups in total. The predicted molar refractivity (Wildman–Crippen MR) is 185 cm³/mol. The van der Waals surface area contributed by atoms with Gasteiger partial charge in [-0.25, -0.2) is 0 Å². The molecule has 0 unspecified atom stereocenters. The van der Waals surface area contributed by atoms with Crippen molar-refractivity contribution in [2.75, 3.05) is 0 Å². The molecule has 224 valence electrons. The Morgan fingerprint density at radius 3 is 1.80 bits per heavy atom. The van der Waals surface area contributed by atoms with Gasteiger partial charge in [0.15, 0.2) is 0 Å². The van der Waals surface area contributed by atoms with Crippen LogP contribution in [0.1, 0.15) is 108 Å². The fraction of sp³-hybridized carbons (Fsp3) is 0.450. The summed E-state index contributed by atoms with van der Waals surface area (Å²) >= 11 is 0. The average Bonchev–Trinajstić information content (AvgIpc) is 2.85. The van der Waals surface area contributed by atoms with Gasteiger partial charge in [0.2, 0.25) is 0 Å². The van der Waals surface area contributed by atoms with E-state index in [4.69, 9.17) is 0 Å². The normalized spacial score (nSPS) is 20.0. The highest BCUT2D eigenvalue weighted by molar-refractivity contribution is 5.38. The first-order valence-electron chi connectivity index (χ1n) is 15.4. The summed E-state index contributed by atoms with van der Waals surface area (Å²) in [6.45, 7) is 21.8. The van der Waals surface area contributed by atoms with E-state index in [2.05, 4.69) is 154 Å². The van der Waals surface area contributed by atoms with E-state index < -0.39 is 0 Å². The molecule has 0 aromatic heterocycles. The van der Waals surface area contributed by atoms with E-state index in [0.717, 1.165) is 38.5 Å². The maximum absolute atomic E-state index is 10.1. The Bertz CT molecular complexity index is 1170. The van der Waals surface area contributed by atoms with Gasteiger partial charge >= 0.3 is 0 Å². The van der Waals surface area contributed by atoms with Gasteiger partial charge < -0.3 is 5.11 Å². The third kappa shape index (κ3) is 16.8. The van der Waals surface area contributed by atoms with Gasteiger partial charge in [-0.1, -0.05) is 138 Å². The SMILES string of the molecule is CC(C)=CCC/C(C)=C/CC/C(C)=C/C=C/C(C)=C/C=C/C=C(C)/C=C/C=C(C)/C=C/C1=C(C)C[C@@H](O)CC1(C)C. The van der Waals surface area contributed by atoms with Crippen LogP contribution in [0.3, 0.4) is 0 Å². The van der Waals surface area contributed by atoms with Crippen LogP contribution in [0.5, 0.6) is 0 Å². The topological polar surface area (TPSA) is 20.2 Å². The minimum atomic E-state index is -0.220. The van der Waals surface area contributed by atoms with Crippen molar-refractivity contribution in [1.82, 2.24) is 0 Å². The predicted octanol–water partition coefficient (Wildman–Crippen LogP) is 12.0. The van der Waals surface area contributed by atoms with Crippen LogP contribution < -0.4 is 0 Å². The summed E-state index contributed by atoms with van der Waals surface area (Å²) in [7, 11) is 0. The lowest BCUT2D eigenvalue weighted by atomic mass is 9.71. The second-order valence-corrected chi connectivity index (χ2v) is 12.7. The molecule has 0 bridgehead atoms. The average molecular weight is 555 g/mol. The molecule has 0 saturated heterocycles. The monoisotopic (exact) mass is 554 g/mol. The van der Waals surface area contributed by atoms with Crippen molar-refractivity contribution in [1.29, 1.82) is 0 Å². The molecule has 0 aromatic rings. The fourth-order valence-electron chi connectivity index (χ4n) is 5.01. The summed E-state index contributed by atoms with van der Waals surface area (Å²) in [6, 6.07) is 0. The summed E-state index contributed by atoms with van der Waals surface area (Å²) in [5.41, 5.74) is 10.6. The van der Waals surface area contributed by atoms with E-state index in [1.807, 2.05) is 0 Å². The van der Waals surface area contributed by atoms with E-state index in [1.54, 1.807) is 0 Å². The van der Waals surface area contributed by atoms with Crippen molar-refractivity contribution in [2.45, 2.75) is 114 Å². The first-order valence-corrected chi connectivity index (χ1v) is 15.4. The number of aliphatic hydroxyl groups excluding tert-OH is 1. The van der Waals surface area contributed by atoms with Crippen LogP contribution in [0.2, 0.25) is 0 Å². The smallest absolute Gasteiger partial charge is 0.0585 e. The fourth-order valence-corrected chi connectivity index (χ4v) is 5.01. The standard InChI is InChI=1S/C40H58O/c1-31(2)17-13-20-34(5)23-15-25-35(6)24-14-21-32(3)18-11-12-19-33(4)22-16-26-36(7)27-28-39-37(8)29-38(41)30-40(39,9)10/h11-12,14,16-19,21-24,26-28,38,41H,13,15,20,25,29-30H2,1-10H3/b12-11+,21-14+,22-16+,28-27+,32-18+,33-19+,34-23+,35-24+,36-26+/t38-/m1/s1. The van der Waals surface area contributed by atoms with Gasteiger partial charge in [-0.2, -0.15) is 0 Å². The van der Waals surface area contributed by atoms with Crippen LogP contribution >= 0.6 is 0 Å². The Hall–Kier alpha value is -2.90. The van der Waals surface area contributed by atoms with Crippen molar-refractivity contribution < 1.29 is 5.11 Å². The van der Waals surface area contributed by atoms with Crippen LogP contribution in [0.15, 0.2) is 130 Å². The van der Waals surface area contributed by atoms with E-state index in [0.29, 0.717) is 0 Å². The van der Waals surface area contributed by atoms with Crippen LogP contribution in [0.25, 0.3) is 0 Å². The van der Waals surface area contributed by atoms with Gasteiger partial charge in [-0.15, -0.1) is 0 Å². The molecular formula is C40H58O. The summed E-state index contributed by atoms with van der Waals surface area (Å²) < 4.78 is 0. The van der Waals surface area contributed by atoms with Gasteiger partial charge in [0.25, 0.3) is 0 Å². The lowest BCUT2D eigenvalue weighted by molar-refractivity contribution is 0.116. The minimum absolute atomic E-state index is 0.0141. The maximum Gasteiger partial charge on any atom is 0.0585 e. The summed E-state index contributed by atoms with van der Waals surface area (Å²) in [6.07, 6.45) is 36.4. The second kappa shape index (κ2) is 19.3. The van der Waals surface area contributed by atoms with Gasteiger partial charge in [-0.05, 0) is 105 Å². The Morgan fingerprint density at radius 1 is 0.707 bits per heavy atom. The molecule has 1 nitrogen and oxygen atoms in total. The number of hydrogen-bond acceptors (Lipinski definition) is 1. The molecule has 0 radical (unpaired) electrons. The second-order valence-electron chi connectivity index (χ2n) is 12.7. The van der Waals surface area contributed by atoms with E-state index in [9.17, 15) is 5.11 Å². The van der Waals surface area contributed by atoms with Crippen molar-refractivity contribution in [3.05, 3.63) is 130 Å². The molecule has 0 aromatic carbocycles. The molecule has 0 spiro atoms. The zero-order valence-electron chi connectivity index (χ0n) is 27.9. The number of allylic oxidation sites excluding steroid dienone is 21. The van der Waals surface area contributed by atoms with Crippen LogP contribution in [-0.4, -0.2) is 11.2 Å². The lowest BCUT2D eigenvalue weighted by Crippen LogP contribution is -2.28. The highest BCUT2D eigenvalue weighted by atomic mass is 16.3. The quantitative estimate of drug-likeness (QED) is 0.167. The Morgan fingerprint density at radius 2 is 1.22 bits per heavy atom. The third-order valence-electron chi connectivity index (χ3n) is 7.40. The summed E-state index contributed by atoms with van der Waals surface area (Å²) in [5.74, 6) is 0. The highest BCUT2D eigenvalue weighted by Gasteiger charge is 2.31. The highest BCUT2D eigenvalue weighted by Crippen LogP contribution is 2.41. The van der Waals surface area contributed by atoms with Gasteiger partial charge in [-0.3, -0.25) is 0 Å². The molecular weight excluding hydrogens is 496 g/mol. The number of aliphatic hydroxyl groups is 1. The first kappa shape index (κ1) is 36.1. The minimum Gasteiger partial charge on any atom is -0.393 e. The van der Waals surface area contributed by atoms with Gasteiger partial charge in [0, 0.05) is 0 Å². The van der Waals surface area contributed by atoms with Crippen LogP contribution in [0.4, 0.5) is 0 Å². The number of hydrogen-bond donors (Lipinski definition) is 1. The molecule has 41 heavy (non-hydrogen) atoms. The molecule has 1 aliphatic rings. The summed E-state index contributed by atoms with van der Waals surface area (Å²) in [4.78, 5) is 0. The van der Waals surface area contributed by atoms with Crippen molar-refractivity contribution >= 4 is 0 Å². The van der Waals surface area contributed by atoms with Gasteiger partial charge in [0.05, 0.1) is 6.10 Å². The van der Waals surface area contributed by atoms with E-state index in [1.165, 1.54) is 44.6 Å². The zero-order valence-corrected chi connectivity index (χ0v) is 27.9. The molecule has 0 heterocycles. The Kier molecular flexibility index (Phi) is 17.0. The zero-order chi connectivity index (χ0) is 30.8. The van der Waals surface area contributed by atoms with Crippen molar-refractivity contribution in [3.63, 3.8) is 0 Å². The van der Waals surface area contributed by atoms with Gasteiger partial charge in [0.1, 0.15) is 0 Å². The Labute approximate surface area is 253 Å². The third-order valence-corrected chi connectivity index (χ3v) is 7.40. The molecule has 0 saturated carbocycles. The van der Waals surface area contributed by atoms with Crippen molar-refractivity contribution in [3.8, 4) is 0 Å². The molecule has 1 atom stereocenters. The van der Waals surface area contributed by atoms with E-state index >= 15 is 0 Å². The molecule has 1 heteroatoms. The molecule has 1 rings (SSSR count). The van der Waals surface area contributed by atoms with Crippen LogP contribution in [-0.2, 0) is 0 Å². The number of rotatable bonds is 14. The maximum atomic E-state index is 10.1. The van der Waals surface area contributed by atoms with E-state index in [-0.39, 0.29) is 11.5 Å². The Balaban J connectivity index is 2.55. The first-order chi connectivity index (χ1) is 19.3. The molecule has 0 fully saturated rings. The molecule has 0 aliphatic heterocycles. The largest absolute Gasteiger partial charge is 0.393 e. The lowest BCUT2D eigenvalue weighted by Gasteiger charge is -2.35. The summed E-state index contributed by atoms with van der Waals surface area (Å²) in [5, 5.41) is 10.1. The molecule has 1 aliphatic carbocycles.